The number of hydrogen-bond acceptors (Lipinski definition) is 3. The van der Waals surface area contributed by atoms with Crippen LogP contribution in [0.1, 0.15) is 5.69 Å². The first-order valence-electron chi connectivity index (χ1n) is 3.34. The highest BCUT2D eigenvalue weighted by Gasteiger charge is 2.05. The zero-order chi connectivity index (χ0) is 8.97. The number of aromatic nitrogens is 2. The van der Waals surface area contributed by atoms with E-state index >= 15 is 0 Å². The molecule has 0 radical (unpaired) electrons. The summed E-state index contributed by atoms with van der Waals surface area (Å²) in [6, 6.07) is 1.67. The smallest absolute Gasteiger partial charge is 0.217 e. The van der Waals surface area contributed by atoms with Gasteiger partial charge in [0.1, 0.15) is 0 Å². The van der Waals surface area contributed by atoms with Gasteiger partial charge in [0.25, 0.3) is 0 Å². The lowest BCUT2D eigenvalue weighted by molar-refractivity contribution is 0.647. The average Bonchev–Trinajstić information content (AvgIpc) is 2.48. The van der Waals surface area contributed by atoms with Crippen LogP contribution in [-0.4, -0.2) is 15.1 Å². The van der Waals surface area contributed by atoms with Crippen molar-refractivity contribution in [3.8, 4) is 0 Å². The molecule has 0 atom stereocenters. The van der Waals surface area contributed by atoms with Gasteiger partial charge in [-0.3, -0.25) is 4.68 Å². The quantitative estimate of drug-likeness (QED) is 0.633. The van der Waals surface area contributed by atoms with Gasteiger partial charge in [0, 0.05) is 16.7 Å². The highest BCUT2D eigenvalue weighted by Crippen LogP contribution is 2.14. The predicted octanol–water partition coefficient (Wildman–Crippen LogP) is 2.57. The third-order valence-electron chi connectivity index (χ3n) is 1.38. The number of hydrogen-bond donors (Lipinski definition) is 0. The van der Waals surface area contributed by atoms with Crippen LogP contribution in [0.4, 0.5) is 5.82 Å². The van der Waals surface area contributed by atoms with Crippen molar-refractivity contribution in [2.24, 2.45) is 5.18 Å². The fraction of sp³-hybridized carbons (Fsp3) is 0.500. The molecule has 0 aromatic carbocycles. The van der Waals surface area contributed by atoms with Gasteiger partial charge < -0.3 is 0 Å². The number of nitrogens with zero attached hydrogens (tertiary/aromatic N) is 3. The summed E-state index contributed by atoms with van der Waals surface area (Å²) < 4.78 is 1.75. The molecule has 0 aliphatic carbocycles. The Morgan fingerprint density at radius 3 is 2.83 bits per heavy atom. The molecule has 1 aromatic rings. The van der Waals surface area contributed by atoms with E-state index < -0.39 is 0 Å². The number of alkyl halides is 2. The Labute approximate surface area is 86.6 Å². The van der Waals surface area contributed by atoms with Crippen LogP contribution in [0.15, 0.2) is 11.2 Å². The number of halogens is 2. The summed E-state index contributed by atoms with van der Waals surface area (Å²) in [5.41, 5.74) is 0.962. The molecule has 0 unspecified atom stereocenters. The maximum atomic E-state index is 10.1. The fourth-order valence-corrected chi connectivity index (χ4v) is 1.65. The second kappa shape index (κ2) is 4.71. The summed E-state index contributed by atoms with van der Waals surface area (Å²) >= 11 is 6.60. The monoisotopic (exact) mass is 295 g/mol. The molecular weight excluding hydrogens is 290 g/mol. The molecule has 66 valence electrons. The molecule has 1 aromatic heterocycles. The molecule has 0 amide bonds. The average molecular weight is 297 g/mol. The summed E-state index contributed by atoms with van der Waals surface area (Å²) in [7, 11) is 0. The van der Waals surface area contributed by atoms with E-state index in [1.54, 1.807) is 10.7 Å². The van der Waals surface area contributed by atoms with Gasteiger partial charge in [-0.15, -0.1) is 10.0 Å². The molecule has 0 N–H and O–H groups in total. The zero-order valence-corrected chi connectivity index (χ0v) is 9.38. The summed E-state index contributed by atoms with van der Waals surface area (Å²) in [5, 5.41) is 8.23. The summed E-state index contributed by atoms with van der Waals surface area (Å²) in [5.74, 6) is 0.241. The molecule has 0 spiro atoms. The van der Waals surface area contributed by atoms with Crippen LogP contribution in [0.3, 0.4) is 0 Å². The van der Waals surface area contributed by atoms with E-state index in [0.717, 1.165) is 17.6 Å². The zero-order valence-electron chi connectivity index (χ0n) is 6.20. The molecule has 6 heteroatoms. The standard InChI is InChI=1S/C6H7Br2N3O/c7-1-2-11-5(4-8)3-6(9-11)10-12/h3H,1-2,4H2. The van der Waals surface area contributed by atoms with Crippen LogP contribution in [0.25, 0.3) is 0 Å². The van der Waals surface area contributed by atoms with Crippen molar-refractivity contribution in [1.29, 1.82) is 0 Å². The number of rotatable bonds is 4. The molecule has 0 saturated heterocycles. The summed E-state index contributed by atoms with van der Waals surface area (Å²) in [6.07, 6.45) is 0. The molecule has 0 bridgehead atoms. The minimum Gasteiger partial charge on any atom is -0.266 e. The van der Waals surface area contributed by atoms with E-state index in [1.165, 1.54) is 0 Å². The lowest BCUT2D eigenvalue weighted by Gasteiger charge is -2.00. The van der Waals surface area contributed by atoms with Crippen molar-refractivity contribution in [2.75, 3.05) is 5.33 Å². The van der Waals surface area contributed by atoms with E-state index in [4.69, 9.17) is 0 Å². The first-order chi connectivity index (χ1) is 5.81. The third-order valence-corrected chi connectivity index (χ3v) is 2.31. The Kier molecular flexibility index (Phi) is 3.87. The van der Waals surface area contributed by atoms with Gasteiger partial charge in [-0.05, 0) is 5.18 Å². The first-order valence-corrected chi connectivity index (χ1v) is 5.58. The molecule has 0 aliphatic heterocycles. The maximum absolute atomic E-state index is 10.1. The molecule has 12 heavy (non-hydrogen) atoms. The maximum Gasteiger partial charge on any atom is 0.217 e. The van der Waals surface area contributed by atoms with Crippen molar-refractivity contribution in [1.82, 2.24) is 9.78 Å². The molecule has 0 saturated carbocycles. The Hall–Kier alpha value is -0.230. The molecular formula is C6H7Br2N3O. The topological polar surface area (TPSA) is 47.2 Å². The van der Waals surface area contributed by atoms with Crippen LogP contribution >= 0.6 is 31.9 Å². The van der Waals surface area contributed by atoms with Crippen LogP contribution in [0.2, 0.25) is 0 Å². The molecule has 0 fully saturated rings. The first kappa shape index (κ1) is 9.85. The Balaban J connectivity index is 2.91. The minimum atomic E-state index is 0.241. The summed E-state index contributed by atoms with van der Waals surface area (Å²) in [4.78, 5) is 10.1. The Morgan fingerprint density at radius 1 is 1.58 bits per heavy atom. The lowest BCUT2D eigenvalue weighted by atomic mass is 10.4. The van der Waals surface area contributed by atoms with Crippen LogP contribution in [0, 0.1) is 4.91 Å². The van der Waals surface area contributed by atoms with Gasteiger partial charge in [-0.25, -0.2) is 0 Å². The van der Waals surface area contributed by atoms with Crippen molar-refractivity contribution >= 4 is 37.7 Å². The van der Waals surface area contributed by atoms with Crippen molar-refractivity contribution in [3.05, 3.63) is 16.7 Å². The molecule has 0 aliphatic rings. The van der Waals surface area contributed by atoms with Crippen molar-refractivity contribution in [3.63, 3.8) is 0 Å². The Bertz CT molecular complexity index is 274. The van der Waals surface area contributed by atoms with Gasteiger partial charge in [-0.1, -0.05) is 31.9 Å². The molecule has 4 nitrogen and oxygen atoms in total. The number of aryl methyl sites for hydroxylation is 1. The van der Waals surface area contributed by atoms with E-state index in [-0.39, 0.29) is 5.82 Å². The third kappa shape index (κ3) is 2.13. The van der Waals surface area contributed by atoms with Crippen LogP contribution in [-0.2, 0) is 11.9 Å². The fourth-order valence-electron chi connectivity index (χ4n) is 0.866. The number of nitroso groups, excluding NO2 is 1. The van der Waals surface area contributed by atoms with Crippen molar-refractivity contribution in [2.45, 2.75) is 11.9 Å². The highest BCUT2D eigenvalue weighted by atomic mass is 79.9. The molecule has 1 heterocycles. The van der Waals surface area contributed by atoms with Gasteiger partial charge >= 0.3 is 0 Å². The van der Waals surface area contributed by atoms with E-state index in [1.807, 2.05) is 0 Å². The van der Waals surface area contributed by atoms with E-state index in [0.29, 0.717) is 5.33 Å². The SMILES string of the molecule is O=Nc1cc(CBr)n(CCBr)n1. The van der Waals surface area contributed by atoms with Crippen molar-refractivity contribution < 1.29 is 0 Å². The van der Waals surface area contributed by atoms with Crippen LogP contribution in [0.5, 0.6) is 0 Å². The predicted molar refractivity (Wildman–Crippen MR) is 54.1 cm³/mol. The normalized spacial score (nSPS) is 10.2. The molecule has 1 rings (SSSR count). The second-order valence-electron chi connectivity index (χ2n) is 2.13. The van der Waals surface area contributed by atoms with Gasteiger partial charge in [0.15, 0.2) is 0 Å². The lowest BCUT2D eigenvalue weighted by Crippen LogP contribution is -2.04. The van der Waals surface area contributed by atoms with Crippen LogP contribution < -0.4 is 0 Å². The second-order valence-corrected chi connectivity index (χ2v) is 3.48. The van der Waals surface area contributed by atoms with Gasteiger partial charge in [0.2, 0.25) is 5.82 Å². The van der Waals surface area contributed by atoms with Gasteiger partial charge in [0.05, 0.1) is 12.2 Å². The summed E-state index contributed by atoms with van der Waals surface area (Å²) in [6.45, 7) is 0.746. The highest BCUT2D eigenvalue weighted by molar-refractivity contribution is 9.09. The van der Waals surface area contributed by atoms with E-state index in [2.05, 4.69) is 42.1 Å². The van der Waals surface area contributed by atoms with Gasteiger partial charge in [-0.2, -0.15) is 0 Å². The minimum absolute atomic E-state index is 0.241. The van der Waals surface area contributed by atoms with E-state index in [9.17, 15) is 4.91 Å². The Morgan fingerprint density at radius 2 is 2.33 bits per heavy atom. The largest absolute Gasteiger partial charge is 0.266 e.